The molecule has 0 aromatic heterocycles. The SMILES string of the molecule is CN1CCN(/N=C/c2cccc(NC(=O)c3ccc(Cl)cc3)c2)CC1. The van der Waals surface area contributed by atoms with Crippen LogP contribution in [0.1, 0.15) is 15.9 Å². The molecule has 0 bridgehead atoms. The molecule has 5 nitrogen and oxygen atoms in total. The Bertz CT molecular complexity index is 752. The number of anilines is 1. The summed E-state index contributed by atoms with van der Waals surface area (Å²) in [4.78, 5) is 14.6. The molecule has 6 heteroatoms. The number of halogens is 1. The number of hydrogen-bond acceptors (Lipinski definition) is 4. The van der Waals surface area contributed by atoms with Crippen LogP contribution in [-0.2, 0) is 0 Å². The monoisotopic (exact) mass is 356 g/mol. The summed E-state index contributed by atoms with van der Waals surface area (Å²) in [5.74, 6) is -0.162. The van der Waals surface area contributed by atoms with Gasteiger partial charge in [-0.05, 0) is 49.0 Å². The van der Waals surface area contributed by atoms with Crippen LogP contribution in [0.5, 0.6) is 0 Å². The van der Waals surface area contributed by atoms with Gasteiger partial charge in [-0.15, -0.1) is 0 Å². The van der Waals surface area contributed by atoms with Gasteiger partial charge in [0.25, 0.3) is 5.91 Å². The Kier molecular flexibility index (Phi) is 5.68. The number of nitrogens with one attached hydrogen (secondary N) is 1. The molecule has 0 spiro atoms. The van der Waals surface area contributed by atoms with Gasteiger partial charge in [0.2, 0.25) is 0 Å². The van der Waals surface area contributed by atoms with Gasteiger partial charge in [0.05, 0.1) is 6.21 Å². The lowest BCUT2D eigenvalue weighted by Gasteiger charge is -2.30. The predicted octanol–water partition coefficient (Wildman–Crippen LogP) is 3.17. The predicted molar refractivity (Wildman–Crippen MR) is 103 cm³/mol. The highest BCUT2D eigenvalue weighted by molar-refractivity contribution is 6.30. The van der Waals surface area contributed by atoms with E-state index in [-0.39, 0.29) is 5.91 Å². The molecule has 3 rings (SSSR count). The summed E-state index contributed by atoms with van der Waals surface area (Å²) >= 11 is 5.85. The number of hydrogen-bond donors (Lipinski definition) is 1. The highest BCUT2D eigenvalue weighted by Crippen LogP contribution is 2.14. The lowest BCUT2D eigenvalue weighted by molar-refractivity contribution is 0.102. The number of rotatable bonds is 4. The summed E-state index contributed by atoms with van der Waals surface area (Å²) < 4.78 is 0. The number of carbonyl (C=O) groups is 1. The van der Waals surface area contributed by atoms with E-state index in [1.165, 1.54) is 0 Å². The van der Waals surface area contributed by atoms with Gasteiger partial charge in [0.1, 0.15) is 0 Å². The van der Waals surface area contributed by atoms with Gasteiger partial charge in [-0.2, -0.15) is 5.10 Å². The largest absolute Gasteiger partial charge is 0.322 e. The average Bonchev–Trinajstić information content (AvgIpc) is 2.62. The first-order chi connectivity index (χ1) is 12.1. The number of piperazine rings is 1. The smallest absolute Gasteiger partial charge is 0.255 e. The lowest BCUT2D eigenvalue weighted by atomic mass is 10.2. The van der Waals surface area contributed by atoms with Crippen LogP contribution in [0.3, 0.4) is 0 Å². The van der Waals surface area contributed by atoms with E-state index < -0.39 is 0 Å². The van der Waals surface area contributed by atoms with E-state index >= 15 is 0 Å². The Morgan fingerprint density at radius 2 is 1.84 bits per heavy atom. The van der Waals surface area contributed by atoms with E-state index in [1.54, 1.807) is 24.3 Å². The minimum atomic E-state index is -0.162. The maximum absolute atomic E-state index is 12.3. The minimum Gasteiger partial charge on any atom is -0.322 e. The summed E-state index contributed by atoms with van der Waals surface area (Å²) in [6.45, 7) is 3.91. The third-order valence-corrected chi connectivity index (χ3v) is 4.35. The van der Waals surface area contributed by atoms with Crippen LogP contribution in [-0.4, -0.2) is 55.3 Å². The van der Waals surface area contributed by atoms with Crippen LogP contribution in [0, 0.1) is 0 Å². The maximum Gasteiger partial charge on any atom is 0.255 e. The second-order valence-electron chi connectivity index (χ2n) is 6.09. The highest BCUT2D eigenvalue weighted by atomic mass is 35.5. The van der Waals surface area contributed by atoms with Crippen molar-refractivity contribution in [2.45, 2.75) is 0 Å². The standard InChI is InChI=1S/C19H21ClN4O/c1-23-9-11-24(12-10-23)21-14-15-3-2-4-18(13-15)22-19(25)16-5-7-17(20)8-6-16/h2-8,13-14H,9-12H2,1H3,(H,22,25)/b21-14+. The van der Waals surface area contributed by atoms with Crippen LogP contribution in [0.15, 0.2) is 53.6 Å². The van der Waals surface area contributed by atoms with Crippen LogP contribution < -0.4 is 5.32 Å². The summed E-state index contributed by atoms with van der Waals surface area (Å²) in [6, 6.07) is 14.5. The molecule has 25 heavy (non-hydrogen) atoms. The van der Waals surface area contributed by atoms with Gasteiger partial charge in [-0.3, -0.25) is 9.80 Å². The number of likely N-dealkylation sites (N-methyl/N-ethyl adjacent to an activating group) is 1. The molecule has 1 heterocycles. The Morgan fingerprint density at radius 1 is 1.12 bits per heavy atom. The number of hydrazone groups is 1. The minimum absolute atomic E-state index is 0.162. The van der Waals surface area contributed by atoms with E-state index in [0.717, 1.165) is 37.4 Å². The Labute approximate surface area is 152 Å². The van der Waals surface area contributed by atoms with Crippen molar-refractivity contribution in [2.75, 3.05) is 38.5 Å². The van der Waals surface area contributed by atoms with Crippen LogP contribution >= 0.6 is 11.6 Å². The van der Waals surface area contributed by atoms with Crippen LogP contribution in [0.25, 0.3) is 0 Å². The average molecular weight is 357 g/mol. The Hall–Kier alpha value is -2.37. The quantitative estimate of drug-likeness (QED) is 0.856. The molecule has 1 saturated heterocycles. The van der Waals surface area contributed by atoms with Gasteiger partial charge in [-0.1, -0.05) is 23.7 Å². The molecule has 0 unspecified atom stereocenters. The van der Waals surface area contributed by atoms with Gasteiger partial charge in [0, 0.05) is 42.5 Å². The number of carbonyl (C=O) groups excluding carboxylic acids is 1. The molecular formula is C19H21ClN4O. The second-order valence-corrected chi connectivity index (χ2v) is 6.52. The zero-order valence-corrected chi connectivity index (χ0v) is 14.9. The Balaban J connectivity index is 1.63. The molecule has 0 atom stereocenters. The molecule has 1 fully saturated rings. The third kappa shape index (κ3) is 5.05. The van der Waals surface area contributed by atoms with Crippen molar-refractivity contribution in [2.24, 2.45) is 5.10 Å². The van der Waals surface area contributed by atoms with E-state index in [9.17, 15) is 4.79 Å². The van der Waals surface area contributed by atoms with Crippen molar-refractivity contribution in [3.05, 3.63) is 64.7 Å². The van der Waals surface area contributed by atoms with Gasteiger partial charge < -0.3 is 10.2 Å². The lowest BCUT2D eigenvalue weighted by Crippen LogP contribution is -2.41. The Morgan fingerprint density at radius 3 is 2.56 bits per heavy atom. The number of benzene rings is 2. The first-order valence-electron chi connectivity index (χ1n) is 8.24. The fraction of sp³-hybridized carbons (Fsp3) is 0.263. The molecule has 130 valence electrons. The van der Waals surface area contributed by atoms with Crippen molar-refractivity contribution >= 4 is 29.4 Å². The first kappa shape index (κ1) is 17.5. The first-order valence-corrected chi connectivity index (χ1v) is 8.62. The number of amides is 1. The molecule has 0 radical (unpaired) electrons. The molecule has 1 amide bonds. The van der Waals surface area contributed by atoms with Gasteiger partial charge in [0.15, 0.2) is 0 Å². The molecule has 0 aliphatic carbocycles. The van der Waals surface area contributed by atoms with Gasteiger partial charge in [-0.25, -0.2) is 0 Å². The van der Waals surface area contributed by atoms with Gasteiger partial charge >= 0.3 is 0 Å². The van der Waals surface area contributed by atoms with Crippen molar-refractivity contribution in [1.29, 1.82) is 0 Å². The molecule has 2 aromatic carbocycles. The maximum atomic E-state index is 12.3. The van der Waals surface area contributed by atoms with Crippen molar-refractivity contribution in [3.63, 3.8) is 0 Å². The molecule has 0 saturated carbocycles. The molecule has 1 aliphatic heterocycles. The molecular weight excluding hydrogens is 336 g/mol. The number of nitrogens with zero attached hydrogens (tertiary/aromatic N) is 3. The van der Waals surface area contributed by atoms with Crippen molar-refractivity contribution < 1.29 is 4.79 Å². The van der Waals surface area contributed by atoms with Crippen LogP contribution in [0.4, 0.5) is 5.69 Å². The zero-order valence-electron chi connectivity index (χ0n) is 14.2. The summed E-state index contributed by atoms with van der Waals surface area (Å²) in [5, 5.41) is 10.1. The fourth-order valence-electron chi connectivity index (χ4n) is 2.56. The van der Waals surface area contributed by atoms with Crippen molar-refractivity contribution in [1.82, 2.24) is 9.91 Å². The summed E-state index contributed by atoms with van der Waals surface area (Å²) in [6.07, 6.45) is 1.84. The molecule has 2 aromatic rings. The molecule has 1 N–H and O–H groups in total. The zero-order chi connectivity index (χ0) is 17.6. The van der Waals surface area contributed by atoms with Crippen molar-refractivity contribution in [3.8, 4) is 0 Å². The van der Waals surface area contributed by atoms with E-state index in [4.69, 9.17) is 11.6 Å². The molecule has 1 aliphatic rings. The van der Waals surface area contributed by atoms with E-state index in [1.807, 2.05) is 30.5 Å². The second kappa shape index (κ2) is 8.14. The third-order valence-electron chi connectivity index (χ3n) is 4.10. The summed E-state index contributed by atoms with van der Waals surface area (Å²) in [7, 11) is 2.12. The topological polar surface area (TPSA) is 47.9 Å². The summed E-state index contributed by atoms with van der Waals surface area (Å²) in [5.41, 5.74) is 2.26. The fourth-order valence-corrected chi connectivity index (χ4v) is 2.69. The highest BCUT2D eigenvalue weighted by Gasteiger charge is 2.11. The van der Waals surface area contributed by atoms with E-state index in [0.29, 0.717) is 10.6 Å². The van der Waals surface area contributed by atoms with Crippen LogP contribution in [0.2, 0.25) is 5.02 Å². The normalized spacial score (nSPS) is 15.5. The van der Waals surface area contributed by atoms with E-state index in [2.05, 4.69) is 27.4 Å².